The summed E-state index contributed by atoms with van der Waals surface area (Å²) in [7, 11) is 1.68. The monoisotopic (exact) mass is 223 g/mol. The van der Waals surface area contributed by atoms with Crippen LogP contribution >= 0.6 is 11.6 Å². The third-order valence-corrected chi connectivity index (χ3v) is 2.59. The summed E-state index contributed by atoms with van der Waals surface area (Å²) >= 11 is 5.94. The van der Waals surface area contributed by atoms with E-state index in [9.17, 15) is 4.79 Å². The Hall–Kier alpha value is -1.55. The first-order valence-corrected chi connectivity index (χ1v) is 4.85. The lowest BCUT2D eigenvalue weighted by Gasteiger charge is -1.97. The highest BCUT2D eigenvalue weighted by molar-refractivity contribution is 6.33. The summed E-state index contributed by atoms with van der Waals surface area (Å²) in [6.07, 6.45) is 3.26. The maximum atomic E-state index is 11.8. The van der Waals surface area contributed by atoms with E-state index in [4.69, 9.17) is 11.6 Å². The third kappa shape index (κ3) is 1.37. The van der Waals surface area contributed by atoms with E-state index in [2.05, 4.69) is 11.6 Å². The molecule has 0 atom stereocenters. The number of hydrogen-bond donors (Lipinski definition) is 0. The van der Waals surface area contributed by atoms with Crippen molar-refractivity contribution in [3.8, 4) is 0 Å². The first-order chi connectivity index (χ1) is 7.16. The lowest BCUT2D eigenvalue weighted by atomic mass is 10.4. The van der Waals surface area contributed by atoms with E-state index in [-0.39, 0.29) is 5.69 Å². The van der Waals surface area contributed by atoms with Crippen LogP contribution in [0.2, 0.25) is 5.15 Å². The van der Waals surface area contributed by atoms with Crippen molar-refractivity contribution in [3.63, 3.8) is 0 Å². The van der Waals surface area contributed by atoms with Gasteiger partial charge in [-0.15, -0.1) is 6.58 Å². The molecular formula is C10H10ClN3O. The van der Waals surface area contributed by atoms with Gasteiger partial charge >= 0.3 is 5.69 Å². The zero-order valence-electron chi connectivity index (χ0n) is 8.27. The Morgan fingerprint density at radius 2 is 2.40 bits per heavy atom. The molecule has 0 saturated carbocycles. The van der Waals surface area contributed by atoms with E-state index >= 15 is 0 Å². The van der Waals surface area contributed by atoms with E-state index in [0.29, 0.717) is 17.2 Å². The minimum atomic E-state index is -0.111. The summed E-state index contributed by atoms with van der Waals surface area (Å²) < 4.78 is 3.10. The predicted octanol–water partition coefficient (Wildman–Crippen LogP) is 1.57. The second-order valence-corrected chi connectivity index (χ2v) is 3.57. The summed E-state index contributed by atoms with van der Waals surface area (Å²) in [5.74, 6) is 0. The first-order valence-electron chi connectivity index (χ1n) is 4.47. The van der Waals surface area contributed by atoms with Crippen LogP contribution in [0.5, 0.6) is 0 Å². The molecule has 15 heavy (non-hydrogen) atoms. The van der Waals surface area contributed by atoms with Crippen LogP contribution < -0.4 is 5.69 Å². The number of halogens is 1. The minimum absolute atomic E-state index is 0.111. The molecule has 0 amide bonds. The van der Waals surface area contributed by atoms with E-state index in [1.54, 1.807) is 30.0 Å². The second kappa shape index (κ2) is 3.55. The number of nitrogens with zero attached hydrogens (tertiary/aromatic N) is 3. The highest BCUT2D eigenvalue weighted by Gasteiger charge is 2.12. The highest BCUT2D eigenvalue weighted by Crippen LogP contribution is 2.19. The Bertz CT molecular complexity index is 582. The van der Waals surface area contributed by atoms with E-state index < -0.39 is 0 Å². The van der Waals surface area contributed by atoms with Crippen molar-refractivity contribution >= 4 is 22.6 Å². The van der Waals surface area contributed by atoms with Gasteiger partial charge in [-0.25, -0.2) is 9.78 Å². The van der Waals surface area contributed by atoms with E-state index in [1.165, 1.54) is 4.57 Å². The normalized spacial score (nSPS) is 10.8. The first kappa shape index (κ1) is 9.98. The largest absolute Gasteiger partial charge is 0.329 e. The summed E-state index contributed by atoms with van der Waals surface area (Å²) in [5, 5.41) is 0.343. The molecule has 2 aromatic heterocycles. The van der Waals surface area contributed by atoms with E-state index in [1.807, 2.05) is 0 Å². The topological polar surface area (TPSA) is 39.8 Å². The van der Waals surface area contributed by atoms with Gasteiger partial charge in [0.1, 0.15) is 5.52 Å². The van der Waals surface area contributed by atoms with Crippen LogP contribution in [-0.2, 0) is 13.6 Å². The van der Waals surface area contributed by atoms with Crippen LogP contribution in [0.4, 0.5) is 0 Å². The van der Waals surface area contributed by atoms with Crippen molar-refractivity contribution in [3.05, 3.63) is 40.6 Å². The molecule has 2 heterocycles. The van der Waals surface area contributed by atoms with Gasteiger partial charge in [0.2, 0.25) is 0 Å². The summed E-state index contributed by atoms with van der Waals surface area (Å²) in [6.45, 7) is 4.09. The van der Waals surface area contributed by atoms with Crippen molar-refractivity contribution in [2.45, 2.75) is 6.54 Å². The molecule has 0 N–H and O–H groups in total. The standard InChI is InChI=1S/C10H10ClN3O/c1-3-6-14-7-4-5-12-9(11)8(7)13(2)10(14)15/h3-5H,1,6H2,2H3. The molecule has 4 nitrogen and oxygen atoms in total. The van der Waals surface area contributed by atoms with Crippen LogP contribution in [0, 0.1) is 0 Å². The minimum Gasteiger partial charge on any atom is -0.292 e. The number of hydrogen-bond acceptors (Lipinski definition) is 2. The lowest BCUT2D eigenvalue weighted by Crippen LogP contribution is -2.21. The molecule has 0 bridgehead atoms. The number of imidazole rings is 1. The second-order valence-electron chi connectivity index (χ2n) is 3.21. The Morgan fingerprint density at radius 1 is 1.67 bits per heavy atom. The summed E-state index contributed by atoms with van der Waals surface area (Å²) in [4.78, 5) is 15.8. The van der Waals surface area contributed by atoms with Gasteiger partial charge in [-0.3, -0.25) is 9.13 Å². The molecule has 0 aromatic carbocycles. The fourth-order valence-electron chi connectivity index (χ4n) is 1.63. The molecule has 5 heteroatoms. The zero-order chi connectivity index (χ0) is 11.0. The molecular weight excluding hydrogens is 214 g/mol. The van der Waals surface area contributed by atoms with Gasteiger partial charge in [-0.2, -0.15) is 0 Å². The van der Waals surface area contributed by atoms with Gasteiger partial charge in [-0.05, 0) is 6.07 Å². The fourth-order valence-corrected chi connectivity index (χ4v) is 1.91. The molecule has 0 aliphatic heterocycles. The highest BCUT2D eigenvalue weighted by atomic mass is 35.5. The quantitative estimate of drug-likeness (QED) is 0.573. The Balaban J connectivity index is 2.93. The smallest absolute Gasteiger partial charge is 0.292 e. The Kier molecular flexibility index (Phi) is 2.36. The number of aromatic nitrogens is 3. The Labute approximate surface area is 91.4 Å². The van der Waals surface area contributed by atoms with Crippen molar-refractivity contribution in [1.82, 2.24) is 14.1 Å². The molecule has 0 aliphatic rings. The molecule has 0 fully saturated rings. The maximum Gasteiger partial charge on any atom is 0.329 e. The molecule has 0 unspecified atom stereocenters. The average Bonchev–Trinajstić information content (AvgIpc) is 2.45. The van der Waals surface area contributed by atoms with Gasteiger partial charge in [0, 0.05) is 19.8 Å². The predicted molar refractivity (Wildman–Crippen MR) is 60.2 cm³/mol. The molecule has 0 saturated heterocycles. The summed E-state index contributed by atoms with van der Waals surface area (Å²) in [6, 6.07) is 1.77. The van der Waals surface area contributed by atoms with Crippen LogP contribution in [0.1, 0.15) is 0 Å². The van der Waals surface area contributed by atoms with Gasteiger partial charge in [0.05, 0.1) is 5.52 Å². The molecule has 0 spiro atoms. The number of fused-ring (bicyclic) bond motifs is 1. The molecule has 0 aliphatic carbocycles. The Morgan fingerprint density at radius 3 is 3.07 bits per heavy atom. The van der Waals surface area contributed by atoms with Crippen molar-refractivity contribution < 1.29 is 0 Å². The number of aryl methyl sites for hydroxylation is 1. The van der Waals surface area contributed by atoms with Crippen LogP contribution in [0.3, 0.4) is 0 Å². The maximum absolute atomic E-state index is 11.8. The van der Waals surface area contributed by atoms with Crippen LogP contribution in [0.15, 0.2) is 29.7 Å². The van der Waals surface area contributed by atoms with Gasteiger partial charge < -0.3 is 0 Å². The zero-order valence-corrected chi connectivity index (χ0v) is 9.03. The molecule has 0 radical (unpaired) electrons. The third-order valence-electron chi connectivity index (χ3n) is 2.31. The van der Waals surface area contributed by atoms with Crippen molar-refractivity contribution in [2.75, 3.05) is 0 Å². The van der Waals surface area contributed by atoms with Crippen LogP contribution in [-0.4, -0.2) is 14.1 Å². The van der Waals surface area contributed by atoms with Gasteiger partial charge in [0.15, 0.2) is 5.15 Å². The fraction of sp³-hybridized carbons (Fsp3) is 0.200. The van der Waals surface area contributed by atoms with Gasteiger partial charge in [-0.1, -0.05) is 17.7 Å². The SMILES string of the molecule is C=CCn1c(=O)n(C)c2c(Cl)nccc21. The summed E-state index contributed by atoms with van der Waals surface area (Å²) in [5.41, 5.74) is 1.33. The molecule has 2 aromatic rings. The van der Waals surface area contributed by atoms with E-state index in [0.717, 1.165) is 5.52 Å². The number of rotatable bonds is 2. The van der Waals surface area contributed by atoms with Crippen molar-refractivity contribution in [1.29, 1.82) is 0 Å². The van der Waals surface area contributed by atoms with Crippen LogP contribution in [0.25, 0.3) is 11.0 Å². The lowest BCUT2D eigenvalue weighted by molar-refractivity contribution is 0.750. The number of allylic oxidation sites excluding steroid dienone is 1. The molecule has 78 valence electrons. The van der Waals surface area contributed by atoms with Crippen molar-refractivity contribution in [2.24, 2.45) is 7.05 Å². The number of pyridine rings is 1. The molecule has 2 rings (SSSR count). The average molecular weight is 224 g/mol. The van der Waals surface area contributed by atoms with Gasteiger partial charge in [0.25, 0.3) is 0 Å².